The molecule has 1 saturated carbocycles. The first kappa shape index (κ1) is 18.7. The van der Waals surface area contributed by atoms with Crippen LogP contribution in [0.2, 0.25) is 0 Å². The minimum atomic E-state index is 0.162. The molecule has 6 heteroatoms. The van der Waals surface area contributed by atoms with Gasteiger partial charge in [-0.2, -0.15) is 4.52 Å². The van der Waals surface area contributed by atoms with Gasteiger partial charge in [0, 0.05) is 30.0 Å². The summed E-state index contributed by atoms with van der Waals surface area (Å²) in [5.41, 5.74) is 5.11. The van der Waals surface area contributed by atoms with Crippen LogP contribution in [-0.2, 0) is 17.8 Å². The number of tetrazole rings is 1. The molecule has 2 heterocycles. The van der Waals surface area contributed by atoms with Gasteiger partial charge in [0.05, 0.1) is 5.52 Å². The molecule has 30 heavy (non-hydrogen) atoms. The summed E-state index contributed by atoms with van der Waals surface area (Å²) in [6, 6.07) is 18.7. The van der Waals surface area contributed by atoms with Crippen LogP contribution >= 0.6 is 0 Å². The molecule has 5 rings (SSSR count). The van der Waals surface area contributed by atoms with E-state index in [0.717, 1.165) is 47.8 Å². The Kier molecular flexibility index (Phi) is 4.91. The van der Waals surface area contributed by atoms with Crippen LogP contribution in [-0.4, -0.2) is 37.4 Å². The van der Waals surface area contributed by atoms with E-state index >= 15 is 0 Å². The summed E-state index contributed by atoms with van der Waals surface area (Å²) < 4.78 is 1.79. The second kappa shape index (κ2) is 7.86. The third-order valence-corrected chi connectivity index (χ3v) is 6.14. The number of pyridine rings is 1. The molecule has 0 N–H and O–H groups in total. The number of carbonyl (C=O) groups excluding carboxylic acids is 1. The van der Waals surface area contributed by atoms with E-state index in [9.17, 15) is 4.79 Å². The maximum absolute atomic E-state index is 13.2. The van der Waals surface area contributed by atoms with Crippen molar-refractivity contribution in [2.24, 2.45) is 5.92 Å². The van der Waals surface area contributed by atoms with Crippen molar-refractivity contribution in [2.45, 2.75) is 39.2 Å². The summed E-state index contributed by atoms with van der Waals surface area (Å²) >= 11 is 0. The van der Waals surface area contributed by atoms with Crippen molar-refractivity contribution in [3.05, 3.63) is 71.3 Å². The summed E-state index contributed by atoms with van der Waals surface area (Å²) in [7, 11) is 0. The fourth-order valence-corrected chi connectivity index (χ4v) is 4.20. The molecule has 2 aromatic heterocycles. The second-order valence-electron chi connectivity index (χ2n) is 8.27. The lowest BCUT2D eigenvalue weighted by atomic mass is 9.84. The Balaban J connectivity index is 1.49. The first-order valence-electron chi connectivity index (χ1n) is 10.6. The Bertz CT molecular complexity index is 1200. The highest BCUT2D eigenvalue weighted by Gasteiger charge is 2.30. The van der Waals surface area contributed by atoms with Gasteiger partial charge in [-0.15, -0.1) is 5.10 Å². The SMILES string of the molecule is Cc1ccc2c(c1)cc(CN(CCc1ccccc1)C(=O)C1CCC1)c1nnnn12. The van der Waals surface area contributed by atoms with Gasteiger partial charge in [0.15, 0.2) is 5.65 Å². The first-order valence-corrected chi connectivity index (χ1v) is 10.6. The lowest BCUT2D eigenvalue weighted by molar-refractivity contribution is -0.138. The molecule has 0 saturated heterocycles. The molecule has 1 fully saturated rings. The molecule has 6 nitrogen and oxygen atoms in total. The molecule has 2 aromatic carbocycles. The Morgan fingerprint density at radius 2 is 1.97 bits per heavy atom. The summed E-state index contributed by atoms with van der Waals surface area (Å²) in [5, 5.41) is 13.5. The Hall–Kier alpha value is -3.28. The molecule has 1 aliphatic rings. The smallest absolute Gasteiger partial charge is 0.225 e. The van der Waals surface area contributed by atoms with Crippen molar-refractivity contribution in [1.29, 1.82) is 0 Å². The van der Waals surface area contributed by atoms with Crippen LogP contribution in [0.25, 0.3) is 16.6 Å². The fourth-order valence-electron chi connectivity index (χ4n) is 4.20. The minimum absolute atomic E-state index is 0.162. The van der Waals surface area contributed by atoms with Gasteiger partial charge in [0.25, 0.3) is 0 Å². The van der Waals surface area contributed by atoms with Gasteiger partial charge in [-0.05, 0) is 60.4 Å². The Labute approximate surface area is 175 Å². The van der Waals surface area contributed by atoms with Gasteiger partial charge >= 0.3 is 0 Å². The number of benzene rings is 2. The highest BCUT2D eigenvalue weighted by Crippen LogP contribution is 2.29. The van der Waals surface area contributed by atoms with Crippen molar-refractivity contribution in [3.63, 3.8) is 0 Å². The maximum atomic E-state index is 13.2. The zero-order chi connectivity index (χ0) is 20.5. The zero-order valence-corrected chi connectivity index (χ0v) is 17.2. The van der Waals surface area contributed by atoms with Crippen LogP contribution in [0, 0.1) is 12.8 Å². The Morgan fingerprint density at radius 1 is 1.13 bits per heavy atom. The van der Waals surface area contributed by atoms with Crippen LogP contribution in [0.15, 0.2) is 54.6 Å². The predicted molar refractivity (Wildman–Crippen MR) is 116 cm³/mol. The van der Waals surface area contributed by atoms with Crippen molar-refractivity contribution < 1.29 is 4.79 Å². The Morgan fingerprint density at radius 3 is 2.73 bits per heavy atom. The monoisotopic (exact) mass is 399 g/mol. The molecular weight excluding hydrogens is 374 g/mol. The molecule has 0 bridgehead atoms. The average Bonchev–Trinajstić information content (AvgIpc) is 3.20. The van der Waals surface area contributed by atoms with E-state index in [4.69, 9.17) is 0 Å². The standard InChI is InChI=1S/C24H25N5O/c1-17-10-11-22-20(14-17)15-21(23-25-26-27-29(22)23)16-28(24(30)19-8-5-9-19)13-12-18-6-3-2-4-7-18/h2-4,6-7,10-11,14-15,19H,5,8-9,12-13,16H2,1H3. The lowest BCUT2D eigenvalue weighted by Gasteiger charge is -2.32. The second-order valence-corrected chi connectivity index (χ2v) is 8.27. The number of carbonyl (C=O) groups is 1. The molecule has 152 valence electrons. The number of rotatable bonds is 6. The summed E-state index contributed by atoms with van der Waals surface area (Å²) in [6.07, 6.45) is 3.99. The normalized spacial score (nSPS) is 14.2. The molecule has 1 aliphatic carbocycles. The molecular formula is C24H25N5O. The van der Waals surface area contributed by atoms with E-state index in [-0.39, 0.29) is 11.8 Å². The molecule has 1 amide bonds. The number of hydrogen-bond acceptors (Lipinski definition) is 4. The predicted octanol–water partition coefficient (Wildman–Crippen LogP) is 3.96. The number of amides is 1. The van der Waals surface area contributed by atoms with E-state index in [0.29, 0.717) is 13.1 Å². The molecule has 0 radical (unpaired) electrons. The topological polar surface area (TPSA) is 63.4 Å². The number of aryl methyl sites for hydroxylation is 1. The van der Waals surface area contributed by atoms with Crippen molar-refractivity contribution in [3.8, 4) is 0 Å². The first-order chi connectivity index (χ1) is 14.7. The molecule has 0 atom stereocenters. The van der Waals surface area contributed by atoms with Crippen LogP contribution in [0.5, 0.6) is 0 Å². The molecule has 0 aliphatic heterocycles. The van der Waals surface area contributed by atoms with E-state index in [1.165, 1.54) is 11.1 Å². The number of nitrogens with zero attached hydrogens (tertiary/aromatic N) is 5. The summed E-state index contributed by atoms with van der Waals surface area (Å²) in [4.78, 5) is 15.2. The fraction of sp³-hybridized carbons (Fsp3) is 0.333. The van der Waals surface area contributed by atoms with Gasteiger partial charge in [-0.1, -0.05) is 48.4 Å². The van der Waals surface area contributed by atoms with E-state index in [2.05, 4.69) is 52.8 Å². The quantitative estimate of drug-likeness (QED) is 0.492. The van der Waals surface area contributed by atoms with Gasteiger partial charge < -0.3 is 4.90 Å². The molecule has 0 unspecified atom stereocenters. The minimum Gasteiger partial charge on any atom is -0.338 e. The van der Waals surface area contributed by atoms with E-state index < -0.39 is 0 Å². The van der Waals surface area contributed by atoms with Gasteiger partial charge in [0.2, 0.25) is 5.91 Å². The third kappa shape index (κ3) is 3.54. The van der Waals surface area contributed by atoms with Crippen LogP contribution in [0.3, 0.4) is 0 Å². The lowest BCUT2D eigenvalue weighted by Crippen LogP contribution is -2.39. The highest BCUT2D eigenvalue weighted by molar-refractivity contribution is 5.84. The van der Waals surface area contributed by atoms with E-state index in [1.54, 1.807) is 4.52 Å². The van der Waals surface area contributed by atoms with Gasteiger partial charge in [-0.3, -0.25) is 4.79 Å². The number of aromatic nitrogens is 4. The maximum Gasteiger partial charge on any atom is 0.225 e. The van der Waals surface area contributed by atoms with Crippen LogP contribution < -0.4 is 0 Å². The zero-order valence-electron chi connectivity index (χ0n) is 17.2. The molecule has 0 spiro atoms. The van der Waals surface area contributed by atoms with Gasteiger partial charge in [-0.25, -0.2) is 0 Å². The van der Waals surface area contributed by atoms with Crippen LogP contribution in [0.4, 0.5) is 0 Å². The van der Waals surface area contributed by atoms with Crippen LogP contribution in [0.1, 0.15) is 36.0 Å². The average molecular weight is 399 g/mol. The van der Waals surface area contributed by atoms with Crippen molar-refractivity contribution in [1.82, 2.24) is 24.9 Å². The third-order valence-electron chi connectivity index (χ3n) is 6.14. The summed E-state index contributed by atoms with van der Waals surface area (Å²) in [6.45, 7) is 3.30. The summed E-state index contributed by atoms with van der Waals surface area (Å²) in [5.74, 6) is 0.419. The highest BCUT2D eigenvalue weighted by atomic mass is 16.2. The van der Waals surface area contributed by atoms with E-state index in [1.807, 2.05) is 29.2 Å². The van der Waals surface area contributed by atoms with Crippen molar-refractivity contribution >= 4 is 22.5 Å². The largest absolute Gasteiger partial charge is 0.338 e. The van der Waals surface area contributed by atoms with Gasteiger partial charge in [0.1, 0.15) is 0 Å². The molecule has 4 aromatic rings. The van der Waals surface area contributed by atoms with Crippen molar-refractivity contribution in [2.75, 3.05) is 6.54 Å². The number of fused-ring (bicyclic) bond motifs is 3. The number of hydrogen-bond donors (Lipinski definition) is 0.